The number of halogens is 3. The Morgan fingerprint density at radius 2 is 1.78 bits per heavy atom. The summed E-state index contributed by atoms with van der Waals surface area (Å²) in [7, 11) is 0. The second-order valence-electron chi connectivity index (χ2n) is 5.94. The highest BCUT2D eigenvalue weighted by molar-refractivity contribution is 5.81. The van der Waals surface area contributed by atoms with Gasteiger partial charge in [0.1, 0.15) is 5.75 Å². The molecule has 0 bridgehead atoms. The third-order valence-corrected chi connectivity index (χ3v) is 3.20. The number of carbonyl (C=O) groups excluding carboxylic acids is 1. The van der Waals surface area contributed by atoms with E-state index in [9.17, 15) is 18.0 Å². The molecule has 1 unspecified atom stereocenters. The van der Waals surface area contributed by atoms with E-state index < -0.39 is 18.8 Å². The molecule has 4 nitrogen and oxygen atoms in total. The fourth-order valence-corrected chi connectivity index (χ4v) is 2.04. The molecule has 23 heavy (non-hydrogen) atoms. The van der Waals surface area contributed by atoms with E-state index in [2.05, 4.69) is 10.1 Å². The molecule has 0 saturated carbocycles. The SMILES string of the molecule is CC(C)C[C@H](N)C(=O)NC(C)c1ccc(OCC(F)(F)F)cc1. The lowest BCUT2D eigenvalue weighted by Crippen LogP contribution is -2.42. The van der Waals surface area contributed by atoms with Gasteiger partial charge in [0.2, 0.25) is 5.91 Å². The zero-order chi connectivity index (χ0) is 17.6. The average molecular weight is 332 g/mol. The second-order valence-corrected chi connectivity index (χ2v) is 5.94. The molecule has 0 heterocycles. The Labute approximate surface area is 134 Å². The Morgan fingerprint density at radius 3 is 2.26 bits per heavy atom. The van der Waals surface area contributed by atoms with E-state index in [0.29, 0.717) is 12.3 Å². The van der Waals surface area contributed by atoms with Gasteiger partial charge in [-0.1, -0.05) is 26.0 Å². The molecule has 0 aliphatic rings. The fourth-order valence-electron chi connectivity index (χ4n) is 2.04. The summed E-state index contributed by atoms with van der Waals surface area (Å²) in [6.45, 7) is 4.42. The number of hydrogen-bond acceptors (Lipinski definition) is 3. The maximum Gasteiger partial charge on any atom is 0.422 e. The molecule has 0 fully saturated rings. The predicted octanol–water partition coefficient (Wildman–Crippen LogP) is 3.18. The van der Waals surface area contributed by atoms with Crippen LogP contribution in [-0.2, 0) is 4.79 Å². The van der Waals surface area contributed by atoms with Crippen molar-refractivity contribution in [2.45, 2.75) is 45.5 Å². The van der Waals surface area contributed by atoms with E-state index in [1.165, 1.54) is 12.1 Å². The van der Waals surface area contributed by atoms with Gasteiger partial charge in [0.05, 0.1) is 12.1 Å². The van der Waals surface area contributed by atoms with Crippen LogP contribution in [0.1, 0.15) is 38.8 Å². The van der Waals surface area contributed by atoms with Crippen LogP contribution in [0.2, 0.25) is 0 Å². The van der Waals surface area contributed by atoms with Crippen LogP contribution in [0, 0.1) is 5.92 Å². The first kappa shape index (κ1) is 19.3. The summed E-state index contributed by atoms with van der Waals surface area (Å²) in [4.78, 5) is 12.0. The van der Waals surface area contributed by atoms with Gasteiger partial charge in [-0.05, 0) is 37.0 Å². The van der Waals surface area contributed by atoms with Gasteiger partial charge in [-0.2, -0.15) is 13.2 Å². The van der Waals surface area contributed by atoms with Gasteiger partial charge >= 0.3 is 6.18 Å². The van der Waals surface area contributed by atoms with Crippen LogP contribution in [0.3, 0.4) is 0 Å². The van der Waals surface area contributed by atoms with Crippen molar-refractivity contribution in [2.24, 2.45) is 11.7 Å². The first-order valence-electron chi connectivity index (χ1n) is 7.44. The molecule has 0 aromatic heterocycles. The van der Waals surface area contributed by atoms with Gasteiger partial charge in [-0.25, -0.2) is 0 Å². The summed E-state index contributed by atoms with van der Waals surface area (Å²) >= 11 is 0. The van der Waals surface area contributed by atoms with Crippen LogP contribution in [0.15, 0.2) is 24.3 Å². The van der Waals surface area contributed by atoms with Crippen molar-refractivity contribution >= 4 is 5.91 Å². The molecular weight excluding hydrogens is 309 g/mol. The molecule has 0 aliphatic heterocycles. The van der Waals surface area contributed by atoms with Gasteiger partial charge < -0.3 is 15.8 Å². The fraction of sp³-hybridized carbons (Fsp3) is 0.562. The number of benzene rings is 1. The molecule has 3 N–H and O–H groups in total. The number of ether oxygens (including phenoxy) is 1. The largest absolute Gasteiger partial charge is 0.484 e. The molecule has 0 aliphatic carbocycles. The maximum atomic E-state index is 12.1. The smallest absolute Gasteiger partial charge is 0.422 e. The second kappa shape index (κ2) is 8.19. The lowest BCUT2D eigenvalue weighted by Gasteiger charge is -2.19. The number of nitrogens with two attached hydrogens (primary N) is 1. The monoisotopic (exact) mass is 332 g/mol. The molecular formula is C16H23F3N2O2. The average Bonchev–Trinajstić information content (AvgIpc) is 2.44. The number of alkyl halides is 3. The van der Waals surface area contributed by atoms with E-state index in [1.807, 2.05) is 13.8 Å². The van der Waals surface area contributed by atoms with Crippen molar-refractivity contribution in [1.82, 2.24) is 5.32 Å². The van der Waals surface area contributed by atoms with Crippen molar-refractivity contribution in [2.75, 3.05) is 6.61 Å². The van der Waals surface area contributed by atoms with Gasteiger partial charge in [0.15, 0.2) is 6.61 Å². The Balaban J connectivity index is 2.57. The Kier molecular flexibility index (Phi) is 6.87. The van der Waals surface area contributed by atoms with Crippen molar-refractivity contribution in [3.63, 3.8) is 0 Å². The summed E-state index contributed by atoms with van der Waals surface area (Å²) in [6, 6.07) is 5.24. The maximum absolute atomic E-state index is 12.1. The van der Waals surface area contributed by atoms with Crippen LogP contribution < -0.4 is 15.8 Å². The highest BCUT2D eigenvalue weighted by atomic mass is 19.4. The molecule has 0 spiro atoms. The third kappa shape index (κ3) is 7.36. The number of amides is 1. The Hall–Kier alpha value is -1.76. The summed E-state index contributed by atoms with van der Waals surface area (Å²) in [5.74, 6) is 0.195. The molecule has 1 rings (SSSR count). The highest BCUT2D eigenvalue weighted by Crippen LogP contribution is 2.21. The molecule has 1 aromatic carbocycles. The van der Waals surface area contributed by atoms with E-state index in [0.717, 1.165) is 5.56 Å². The van der Waals surface area contributed by atoms with Gasteiger partial charge in [0, 0.05) is 0 Å². The molecule has 1 aromatic rings. The summed E-state index contributed by atoms with van der Waals surface area (Å²) in [6.07, 6.45) is -3.78. The highest BCUT2D eigenvalue weighted by Gasteiger charge is 2.28. The lowest BCUT2D eigenvalue weighted by molar-refractivity contribution is -0.153. The van der Waals surface area contributed by atoms with Crippen LogP contribution >= 0.6 is 0 Å². The van der Waals surface area contributed by atoms with E-state index in [4.69, 9.17) is 5.73 Å². The summed E-state index contributed by atoms with van der Waals surface area (Å²) < 4.78 is 40.9. The van der Waals surface area contributed by atoms with E-state index in [1.54, 1.807) is 19.1 Å². The van der Waals surface area contributed by atoms with Gasteiger partial charge in [0.25, 0.3) is 0 Å². The van der Waals surface area contributed by atoms with Crippen molar-refractivity contribution in [3.8, 4) is 5.75 Å². The molecule has 2 atom stereocenters. The van der Waals surface area contributed by atoms with Crippen LogP contribution in [0.4, 0.5) is 13.2 Å². The lowest BCUT2D eigenvalue weighted by atomic mass is 10.0. The topological polar surface area (TPSA) is 64.4 Å². The summed E-state index contributed by atoms with van der Waals surface area (Å²) in [5.41, 5.74) is 6.57. The quantitative estimate of drug-likeness (QED) is 0.806. The minimum atomic E-state index is -4.37. The van der Waals surface area contributed by atoms with E-state index in [-0.39, 0.29) is 17.7 Å². The Bertz CT molecular complexity index is 501. The van der Waals surface area contributed by atoms with E-state index >= 15 is 0 Å². The first-order chi connectivity index (χ1) is 10.6. The van der Waals surface area contributed by atoms with Crippen LogP contribution in [0.5, 0.6) is 5.75 Å². The van der Waals surface area contributed by atoms with Gasteiger partial charge in [-0.15, -0.1) is 0 Å². The number of rotatable bonds is 7. The third-order valence-electron chi connectivity index (χ3n) is 3.20. The van der Waals surface area contributed by atoms with Crippen LogP contribution in [0.25, 0.3) is 0 Å². The first-order valence-corrected chi connectivity index (χ1v) is 7.44. The standard InChI is InChI=1S/C16H23F3N2O2/c1-10(2)8-14(20)15(22)21-11(3)12-4-6-13(7-5-12)23-9-16(17,18)19/h4-7,10-11,14H,8-9,20H2,1-3H3,(H,21,22)/t11?,14-/m0/s1. The molecule has 1 amide bonds. The van der Waals surface area contributed by atoms with Crippen molar-refractivity contribution in [3.05, 3.63) is 29.8 Å². The predicted molar refractivity (Wildman–Crippen MR) is 82.0 cm³/mol. The van der Waals surface area contributed by atoms with Crippen LogP contribution in [-0.4, -0.2) is 24.7 Å². The van der Waals surface area contributed by atoms with Crippen molar-refractivity contribution < 1.29 is 22.7 Å². The molecule has 7 heteroatoms. The number of nitrogens with one attached hydrogen (secondary N) is 1. The Morgan fingerprint density at radius 1 is 1.22 bits per heavy atom. The zero-order valence-electron chi connectivity index (χ0n) is 13.5. The van der Waals surface area contributed by atoms with Gasteiger partial charge in [-0.3, -0.25) is 4.79 Å². The summed E-state index contributed by atoms with van der Waals surface area (Å²) in [5, 5.41) is 2.79. The van der Waals surface area contributed by atoms with Crippen molar-refractivity contribution in [1.29, 1.82) is 0 Å². The minimum absolute atomic E-state index is 0.126. The molecule has 0 radical (unpaired) electrons. The number of hydrogen-bond donors (Lipinski definition) is 2. The minimum Gasteiger partial charge on any atom is -0.484 e. The zero-order valence-corrected chi connectivity index (χ0v) is 13.5. The molecule has 130 valence electrons. The molecule has 0 saturated heterocycles. The normalized spacial score (nSPS) is 14.4. The number of carbonyl (C=O) groups is 1.